The van der Waals surface area contributed by atoms with Gasteiger partial charge in [0, 0.05) is 22.3 Å². The van der Waals surface area contributed by atoms with Crippen LogP contribution >= 0.6 is 7.94 Å². The van der Waals surface area contributed by atoms with Crippen molar-refractivity contribution >= 4 is 13.2 Å². The SMILES string of the molecule is CCC(C)(C)c1cc(C)cc(C(C)(C)CC)c1O[P+](O)(Oc1c(C(C)(C)CC)cc(C)cc1C(C)(C)CC)c1ccccc1. The van der Waals surface area contributed by atoms with Crippen LogP contribution in [0, 0.1) is 13.8 Å². The van der Waals surface area contributed by atoms with Crippen molar-refractivity contribution in [2.45, 2.75) is 144 Å². The Balaban J connectivity index is 2.46. The molecular formula is C40H60O3P+. The van der Waals surface area contributed by atoms with Gasteiger partial charge in [-0.3, -0.25) is 9.05 Å². The molecule has 0 bridgehead atoms. The fourth-order valence-electron chi connectivity index (χ4n) is 5.50. The zero-order valence-corrected chi connectivity index (χ0v) is 31.1. The molecule has 0 aliphatic heterocycles. The molecule has 0 saturated carbocycles. The van der Waals surface area contributed by atoms with E-state index < -0.39 is 7.94 Å². The van der Waals surface area contributed by atoms with Gasteiger partial charge in [0.2, 0.25) is 5.30 Å². The second-order valence-corrected chi connectivity index (χ2v) is 17.3. The Morgan fingerprint density at radius 1 is 0.523 bits per heavy atom. The fourth-order valence-corrected chi connectivity index (χ4v) is 7.19. The van der Waals surface area contributed by atoms with E-state index in [-0.39, 0.29) is 21.7 Å². The summed E-state index contributed by atoms with van der Waals surface area (Å²) in [4.78, 5) is 13.0. The van der Waals surface area contributed by atoms with Crippen LogP contribution in [0.15, 0.2) is 54.6 Å². The van der Waals surface area contributed by atoms with E-state index in [2.05, 4.69) is 121 Å². The lowest BCUT2D eigenvalue weighted by Crippen LogP contribution is -2.29. The van der Waals surface area contributed by atoms with Crippen LogP contribution < -0.4 is 14.4 Å². The van der Waals surface area contributed by atoms with Crippen LogP contribution in [0.25, 0.3) is 0 Å². The molecular weight excluding hydrogens is 559 g/mol. The van der Waals surface area contributed by atoms with Gasteiger partial charge in [-0.05, 0) is 73.3 Å². The quantitative estimate of drug-likeness (QED) is 0.193. The van der Waals surface area contributed by atoms with Crippen molar-refractivity contribution in [3.8, 4) is 11.5 Å². The van der Waals surface area contributed by atoms with E-state index in [9.17, 15) is 4.89 Å². The molecule has 0 radical (unpaired) electrons. The Kier molecular flexibility index (Phi) is 10.8. The van der Waals surface area contributed by atoms with Crippen LogP contribution in [0.3, 0.4) is 0 Å². The highest BCUT2D eigenvalue weighted by molar-refractivity contribution is 7.69. The van der Waals surface area contributed by atoms with Gasteiger partial charge in [0.05, 0.1) is 0 Å². The minimum absolute atomic E-state index is 0.171. The molecule has 44 heavy (non-hydrogen) atoms. The smallest absolute Gasteiger partial charge is 0.273 e. The Hall–Kier alpha value is -2.35. The molecule has 242 valence electrons. The number of aryl methyl sites for hydroxylation is 2. The second kappa shape index (κ2) is 13.2. The van der Waals surface area contributed by atoms with Crippen molar-refractivity contribution in [2.75, 3.05) is 0 Å². The van der Waals surface area contributed by atoms with E-state index in [4.69, 9.17) is 9.05 Å². The van der Waals surface area contributed by atoms with Crippen LogP contribution in [-0.4, -0.2) is 4.89 Å². The largest absolute Gasteiger partial charge is 0.533 e. The molecule has 0 aliphatic rings. The molecule has 0 aromatic heterocycles. The van der Waals surface area contributed by atoms with Crippen LogP contribution in [0.4, 0.5) is 0 Å². The molecule has 1 N–H and O–H groups in total. The van der Waals surface area contributed by atoms with E-state index in [1.807, 2.05) is 30.3 Å². The molecule has 4 heteroatoms. The zero-order chi connectivity index (χ0) is 33.3. The molecule has 0 heterocycles. The van der Waals surface area contributed by atoms with E-state index in [1.165, 1.54) is 11.1 Å². The molecule has 0 spiro atoms. The molecule has 0 amide bonds. The molecule has 0 fully saturated rings. The predicted octanol–water partition coefficient (Wildman–Crippen LogP) is 11.6. The third-order valence-corrected chi connectivity index (χ3v) is 12.2. The highest BCUT2D eigenvalue weighted by atomic mass is 31.2. The molecule has 0 atom stereocenters. The predicted molar refractivity (Wildman–Crippen MR) is 192 cm³/mol. The molecule has 0 saturated heterocycles. The first-order chi connectivity index (χ1) is 20.3. The molecule has 0 aliphatic carbocycles. The minimum Gasteiger partial charge on any atom is -0.273 e. The number of hydrogen-bond donors (Lipinski definition) is 1. The number of rotatable bonds is 13. The second-order valence-electron chi connectivity index (χ2n) is 15.4. The molecule has 3 aromatic rings. The van der Waals surface area contributed by atoms with Crippen LogP contribution in [-0.2, 0) is 21.7 Å². The molecule has 3 rings (SSSR count). The fraction of sp³-hybridized carbons (Fsp3) is 0.550. The monoisotopic (exact) mass is 619 g/mol. The third-order valence-electron chi connectivity index (χ3n) is 10.4. The van der Waals surface area contributed by atoms with Gasteiger partial charge in [0.1, 0.15) is 0 Å². The first kappa shape index (κ1) is 36.1. The first-order valence-electron chi connectivity index (χ1n) is 16.7. The number of benzene rings is 3. The van der Waals surface area contributed by atoms with Crippen LogP contribution in [0.5, 0.6) is 11.5 Å². The van der Waals surface area contributed by atoms with Crippen molar-refractivity contribution in [2.24, 2.45) is 0 Å². The molecule has 3 aromatic carbocycles. The van der Waals surface area contributed by atoms with Gasteiger partial charge >= 0.3 is 7.94 Å². The summed E-state index contributed by atoms with van der Waals surface area (Å²) in [5.74, 6) is 1.52. The van der Waals surface area contributed by atoms with Crippen LogP contribution in [0.1, 0.15) is 142 Å². The van der Waals surface area contributed by atoms with Gasteiger partial charge in [-0.25, -0.2) is 0 Å². The average molecular weight is 620 g/mol. The van der Waals surface area contributed by atoms with Crippen molar-refractivity contribution in [3.63, 3.8) is 0 Å². The maximum Gasteiger partial charge on any atom is 0.533 e. The van der Waals surface area contributed by atoms with Crippen molar-refractivity contribution in [3.05, 3.63) is 88.0 Å². The van der Waals surface area contributed by atoms with Crippen molar-refractivity contribution < 1.29 is 13.9 Å². The van der Waals surface area contributed by atoms with E-state index >= 15 is 0 Å². The van der Waals surface area contributed by atoms with E-state index in [0.717, 1.165) is 59.4 Å². The summed E-state index contributed by atoms with van der Waals surface area (Å²) in [5.41, 5.74) is 6.17. The van der Waals surface area contributed by atoms with Gasteiger partial charge in [0.15, 0.2) is 11.5 Å². The normalized spacial score (nSPS) is 13.2. The summed E-state index contributed by atoms with van der Waals surface area (Å²) in [6.45, 7) is 31.3. The Labute approximate surface area is 270 Å². The summed E-state index contributed by atoms with van der Waals surface area (Å²) >= 11 is 0. The minimum atomic E-state index is -3.72. The van der Waals surface area contributed by atoms with Gasteiger partial charge in [-0.15, -0.1) is 0 Å². The Morgan fingerprint density at radius 3 is 1.05 bits per heavy atom. The van der Waals surface area contributed by atoms with E-state index in [0.29, 0.717) is 5.30 Å². The maximum absolute atomic E-state index is 13.0. The third kappa shape index (κ3) is 7.37. The topological polar surface area (TPSA) is 38.7 Å². The van der Waals surface area contributed by atoms with Crippen molar-refractivity contribution in [1.82, 2.24) is 0 Å². The average Bonchev–Trinajstić information content (AvgIpc) is 2.98. The highest BCUT2D eigenvalue weighted by Crippen LogP contribution is 2.61. The Bertz CT molecular complexity index is 1270. The summed E-state index contributed by atoms with van der Waals surface area (Å²) in [7, 11) is -3.72. The van der Waals surface area contributed by atoms with Gasteiger partial charge in [0.25, 0.3) is 0 Å². The van der Waals surface area contributed by atoms with E-state index in [1.54, 1.807) is 0 Å². The maximum atomic E-state index is 13.0. The lowest BCUT2D eigenvalue weighted by molar-refractivity contribution is 0.336. The summed E-state index contributed by atoms with van der Waals surface area (Å²) in [6, 6.07) is 18.7. The standard InChI is InChI=1S/C40H60O3P/c1-15-37(7,8)31-24-28(5)25-32(38(9,10)16-2)35(31)42-44(41,30-22-20-19-21-23-30)43-36-33(39(11,12)17-3)26-29(6)27-34(36)40(13,14)18-4/h19-27,41H,15-18H2,1-14H3/q+1. The molecule has 3 nitrogen and oxygen atoms in total. The van der Waals surface area contributed by atoms with Gasteiger partial charge < -0.3 is 0 Å². The summed E-state index contributed by atoms with van der Waals surface area (Å²) < 4.78 is 14.3. The molecule has 0 unspecified atom stereocenters. The summed E-state index contributed by atoms with van der Waals surface area (Å²) in [5, 5.41) is 0.669. The van der Waals surface area contributed by atoms with Crippen molar-refractivity contribution in [1.29, 1.82) is 0 Å². The van der Waals surface area contributed by atoms with Gasteiger partial charge in [-0.1, -0.05) is 137 Å². The van der Waals surface area contributed by atoms with Crippen LogP contribution in [0.2, 0.25) is 0 Å². The van der Waals surface area contributed by atoms with Gasteiger partial charge in [-0.2, -0.15) is 4.89 Å². The zero-order valence-electron chi connectivity index (χ0n) is 30.2. The highest BCUT2D eigenvalue weighted by Gasteiger charge is 2.51. The number of hydrogen-bond acceptors (Lipinski definition) is 3. The summed E-state index contributed by atoms with van der Waals surface area (Å²) in [6.07, 6.45) is 3.74. The lowest BCUT2D eigenvalue weighted by Gasteiger charge is -2.35. The Morgan fingerprint density at radius 2 is 0.795 bits per heavy atom. The first-order valence-corrected chi connectivity index (χ1v) is 18.2. The lowest BCUT2D eigenvalue weighted by atomic mass is 9.75.